The van der Waals surface area contributed by atoms with Crippen molar-refractivity contribution in [3.63, 3.8) is 0 Å². The predicted octanol–water partition coefficient (Wildman–Crippen LogP) is 4.17. The first-order chi connectivity index (χ1) is 16.3. The zero-order valence-electron chi connectivity index (χ0n) is 17.4. The molecule has 2 amide bonds. The van der Waals surface area contributed by atoms with Crippen molar-refractivity contribution in [3.8, 4) is 0 Å². The van der Waals surface area contributed by atoms with E-state index < -0.39 is 52.7 Å². The number of imide groups is 1. The Morgan fingerprint density at radius 2 is 1.38 bits per heavy atom. The number of anilines is 1. The molecule has 2 aliphatic heterocycles. The Morgan fingerprint density at radius 1 is 0.794 bits per heavy atom. The highest BCUT2D eigenvalue weighted by Crippen LogP contribution is 2.57. The van der Waals surface area contributed by atoms with Crippen molar-refractivity contribution in [1.29, 1.82) is 0 Å². The molecule has 0 saturated carbocycles. The third kappa shape index (κ3) is 2.59. The average Bonchev–Trinajstić information content (AvgIpc) is 3.40. The number of Topliss-reactive ketones (excluding diaryl/α,β-unsaturated/α-hetero) is 2. The van der Waals surface area contributed by atoms with Gasteiger partial charge in [-0.2, -0.15) is 0 Å². The molecule has 6 rings (SSSR count). The number of rotatable bonds is 2. The number of carbonyl (C=O) groups excluding carboxylic acids is 4. The largest absolute Gasteiger partial charge is 0.349 e. The van der Waals surface area contributed by atoms with Gasteiger partial charge in [0.25, 0.3) is 0 Å². The molecule has 0 unspecified atom stereocenters. The molecule has 2 saturated heterocycles. The van der Waals surface area contributed by atoms with E-state index in [4.69, 9.17) is 16.3 Å². The van der Waals surface area contributed by atoms with Crippen LogP contribution in [0.1, 0.15) is 32.4 Å². The molecule has 2 heterocycles. The Labute approximate surface area is 197 Å². The molecule has 3 aliphatic rings. The van der Waals surface area contributed by atoms with Crippen molar-refractivity contribution in [2.24, 2.45) is 11.8 Å². The van der Waals surface area contributed by atoms with Gasteiger partial charge < -0.3 is 4.74 Å². The molecule has 168 valence electrons. The number of hydrogen-bond acceptors (Lipinski definition) is 5. The van der Waals surface area contributed by atoms with Crippen LogP contribution < -0.4 is 4.90 Å². The van der Waals surface area contributed by atoms with Gasteiger partial charge in [-0.3, -0.25) is 19.2 Å². The van der Waals surface area contributed by atoms with E-state index in [9.17, 15) is 23.6 Å². The van der Waals surface area contributed by atoms with Gasteiger partial charge in [0.1, 0.15) is 5.82 Å². The minimum absolute atomic E-state index is 0.156. The first-order valence-electron chi connectivity index (χ1n) is 10.6. The monoisotopic (exact) mass is 475 g/mol. The van der Waals surface area contributed by atoms with Crippen molar-refractivity contribution in [2.75, 3.05) is 4.90 Å². The number of carbonyl (C=O) groups is 4. The smallest absolute Gasteiger partial charge is 0.241 e. The van der Waals surface area contributed by atoms with Gasteiger partial charge in [-0.05, 0) is 42.0 Å². The number of amides is 2. The van der Waals surface area contributed by atoms with Crippen molar-refractivity contribution < 1.29 is 28.3 Å². The molecule has 0 radical (unpaired) electrons. The van der Waals surface area contributed by atoms with Crippen LogP contribution in [0.3, 0.4) is 0 Å². The topological polar surface area (TPSA) is 80.8 Å². The van der Waals surface area contributed by atoms with Gasteiger partial charge in [0.15, 0.2) is 0 Å². The number of benzene rings is 3. The first kappa shape index (κ1) is 20.9. The standard InChI is InChI=1S/C26H15ClFNO5/c27-14-7-5-13(6-8-14)21-19-20(25(33)29(24(19)32)16-11-9-15(28)10-12-16)26(34-21)22(30)17-3-1-2-4-18(17)23(26)31/h1-12,19-21H/t19-,20+,21+/m0/s1. The van der Waals surface area contributed by atoms with Crippen LogP contribution in [0.2, 0.25) is 5.02 Å². The number of fused-ring (bicyclic) bond motifs is 3. The van der Waals surface area contributed by atoms with E-state index in [1.165, 1.54) is 24.3 Å². The van der Waals surface area contributed by atoms with Crippen LogP contribution in [0.4, 0.5) is 10.1 Å². The molecule has 3 atom stereocenters. The van der Waals surface area contributed by atoms with Crippen LogP contribution in [0, 0.1) is 17.7 Å². The quantitative estimate of drug-likeness (QED) is 0.410. The van der Waals surface area contributed by atoms with Gasteiger partial charge in [-0.25, -0.2) is 9.29 Å². The summed E-state index contributed by atoms with van der Waals surface area (Å²) in [5.41, 5.74) is -1.17. The zero-order chi connectivity index (χ0) is 23.8. The summed E-state index contributed by atoms with van der Waals surface area (Å²) in [5.74, 6) is -5.64. The molecule has 6 nitrogen and oxygen atoms in total. The Bertz CT molecular complexity index is 1370. The fourth-order valence-corrected chi connectivity index (χ4v) is 5.44. The highest BCUT2D eigenvalue weighted by atomic mass is 35.5. The summed E-state index contributed by atoms with van der Waals surface area (Å²) < 4.78 is 19.7. The van der Waals surface area contributed by atoms with Gasteiger partial charge in [0, 0.05) is 16.1 Å². The first-order valence-corrected chi connectivity index (χ1v) is 11.0. The summed E-state index contributed by atoms with van der Waals surface area (Å²) in [6.45, 7) is 0. The van der Waals surface area contributed by atoms with E-state index in [0.717, 1.165) is 17.0 Å². The lowest BCUT2D eigenvalue weighted by Gasteiger charge is -2.27. The number of hydrogen-bond donors (Lipinski definition) is 0. The Morgan fingerprint density at radius 3 is 1.97 bits per heavy atom. The molecular weight excluding hydrogens is 461 g/mol. The fourth-order valence-electron chi connectivity index (χ4n) is 5.32. The molecule has 34 heavy (non-hydrogen) atoms. The van der Waals surface area contributed by atoms with E-state index in [2.05, 4.69) is 0 Å². The maximum absolute atomic E-state index is 13.7. The van der Waals surface area contributed by atoms with E-state index >= 15 is 0 Å². The van der Waals surface area contributed by atoms with Crippen LogP contribution in [-0.2, 0) is 14.3 Å². The second-order valence-electron chi connectivity index (χ2n) is 8.52. The molecule has 3 aromatic rings. The van der Waals surface area contributed by atoms with Gasteiger partial charge in [-0.1, -0.05) is 48.0 Å². The van der Waals surface area contributed by atoms with Crippen LogP contribution in [0.25, 0.3) is 0 Å². The normalized spacial score (nSPS) is 24.8. The molecule has 0 bridgehead atoms. The van der Waals surface area contributed by atoms with Crippen molar-refractivity contribution in [3.05, 3.63) is 100 Å². The molecule has 1 aliphatic carbocycles. The number of halogens is 2. The maximum Gasteiger partial charge on any atom is 0.241 e. The van der Waals surface area contributed by atoms with Gasteiger partial charge in [-0.15, -0.1) is 0 Å². The van der Waals surface area contributed by atoms with E-state index in [0.29, 0.717) is 10.6 Å². The van der Waals surface area contributed by atoms with Crippen molar-refractivity contribution in [1.82, 2.24) is 0 Å². The molecule has 0 N–H and O–H groups in total. The third-order valence-corrected chi connectivity index (χ3v) is 7.05. The summed E-state index contributed by atoms with van der Waals surface area (Å²) in [7, 11) is 0. The minimum atomic E-state index is -2.15. The van der Waals surface area contributed by atoms with Crippen LogP contribution in [0.15, 0.2) is 72.8 Å². The third-order valence-electron chi connectivity index (χ3n) is 6.80. The van der Waals surface area contributed by atoms with Gasteiger partial charge in [0.2, 0.25) is 29.0 Å². The lowest BCUT2D eigenvalue weighted by atomic mass is 9.77. The van der Waals surface area contributed by atoms with Gasteiger partial charge >= 0.3 is 0 Å². The summed E-state index contributed by atoms with van der Waals surface area (Å²) in [4.78, 5) is 55.6. The summed E-state index contributed by atoms with van der Waals surface area (Å²) in [5, 5.41) is 0.454. The van der Waals surface area contributed by atoms with E-state index in [1.54, 1.807) is 36.4 Å². The number of ether oxygens (including phenoxy) is 1. The number of ketones is 2. The van der Waals surface area contributed by atoms with Crippen LogP contribution in [0.5, 0.6) is 0 Å². The van der Waals surface area contributed by atoms with Crippen molar-refractivity contribution in [2.45, 2.75) is 11.7 Å². The molecule has 0 aromatic heterocycles. The van der Waals surface area contributed by atoms with Gasteiger partial charge in [0.05, 0.1) is 23.6 Å². The Balaban J connectivity index is 1.54. The van der Waals surface area contributed by atoms with Crippen molar-refractivity contribution >= 4 is 40.7 Å². The SMILES string of the molecule is O=C1[C@@H]2[C@@H](c3ccc(Cl)cc3)OC3(C(=O)c4ccccc4C3=O)[C@H]2C(=O)N1c1ccc(F)cc1. The second-order valence-corrected chi connectivity index (χ2v) is 8.96. The molecule has 3 aromatic carbocycles. The number of nitrogens with zero attached hydrogens (tertiary/aromatic N) is 1. The van der Waals surface area contributed by atoms with E-state index in [1.807, 2.05) is 0 Å². The lowest BCUT2D eigenvalue weighted by Crippen LogP contribution is -2.51. The summed E-state index contributed by atoms with van der Waals surface area (Å²) >= 11 is 6.02. The summed E-state index contributed by atoms with van der Waals surface area (Å²) in [6, 6.07) is 17.6. The maximum atomic E-state index is 13.7. The van der Waals surface area contributed by atoms with Crippen LogP contribution in [-0.4, -0.2) is 29.0 Å². The molecule has 1 spiro atoms. The molecule has 2 fully saturated rings. The van der Waals surface area contributed by atoms with E-state index in [-0.39, 0.29) is 16.8 Å². The molecule has 8 heteroatoms. The molecular formula is C26H15ClFNO5. The average molecular weight is 476 g/mol. The predicted molar refractivity (Wildman–Crippen MR) is 119 cm³/mol. The second kappa shape index (κ2) is 7.16. The highest BCUT2D eigenvalue weighted by molar-refractivity contribution is 6.37. The highest BCUT2D eigenvalue weighted by Gasteiger charge is 2.74. The van der Waals surface area contributed by atoms with Crippen LogP contribution >= 0.6 is 11.6 Å². The fraction of sp³-hybridized carbons (Fsp3) is 0.154. The zero-order valence-corrected chi connectivity index (χ0v) is 18.2. The Kier molecular flexibility index (Phi) is 4.40. The lowest BCUT2D eigenvalue weighted by molar-refractivity contribution is -0.127. The summed E-state index contributed by atoms with van der Waals surface area (Å²) in [6.07, 6.45) is -1.04. The Hall–Kier alpha value is -3.68. The minimum Gasteiger partial charge on any atom is -0.349 e.